The van der Waals surface area contributed by atoms with Crippen molar-refractivity contribution in [2.75, 3.05) is 19.5 Å². The first kappa shape index (κ1) is 17.3. The number of hydrogen-bond donors (Lipinski definition) is 1. The average Bonchev–Trinajstić information content (AvgIpc) is 2.98. The average molecular weight is 334 g/mol. The van der Waals surface area contributed by atoms with Gasteiger partial charge in [-0.1, -0.05) is 5.16 Å². The lowest BCUT2D eigenvalue weighted by Gasteiger charge is -2.16. The monoisotopic (exact) mass is 334 g/mol. The molecule has 2 rings (SSSR count). The molecule has 1 heterocycles. The Morgan fingerprint density at radius 2 is 2.00 bits per heavy atom. The van der Waals surface area contributed by atoms with Crippen LogP contribution in [0.15, 0.2) is 28.8 Å². The lowest BCUT2D eigenvalue weighted by Crippen LogP contribution is -2.30. The molecule has 8 nitrogen and oxygen atoms in total. The van der Waals surface area contributed by atoms with E-state index in [4.69, 9.17) is 18.7 Å². The van der Waals surface area contributed by atoms with Crippen molar-refractivity contribution in [3.63, 3.8) is 0 Å². The van der Waals surface area contributed by atoms with Gasteiger partial charge in [0.15, 0.2) is 11.9 Å². The van der Waals surface area contributed by atoms with Crippen molar-refractivity contribution in [1.29, 1.82) is 0 Å². The van der Waals surface area contributed by atoms with Gasteiger partial charge in [0.1, 0.15) is 22.8 Å². The smallest absolute Gasteiger partial charge is 0.341 e. The van der Waals surface area contributed by atoms with Crippen LogP contribution in [-0.4, -0.2) is 37.4 Å². The fourth-order valence-corrected chi connectivity index (χ4v) is 1.90. The Kier molecular flexibility index (Phi) is 5.41. The zero-order chi connectivity index (χ0) is 17.7. The van der Waals surface area contributed by atoms with Gasteiger partial charge in [-0.2, -0.15) is 0 Å². The van der Waals surface area contributed by atoms with Gasteiger partial charge in [0.05, 0.1) is 14.2 Å². The van der Waals surface area contributed by atoms with Gasteiger partial charge >= 0.3 is 5.97 Å². The first-order valence-electron chi connectivity index (χ1n) is 7.11. The summed E-state index contributed by atoms with van der Waals surface area (Å²) in [7, 11) is 2.75. The third-order valence-electron chi connectivity index (χ3n) is 3.15. The Bertz CT molecular complexity index is 740. The molecule has 2 aromatic rings. The molecule has 1 atom stereocenters. The third-order valence-corrected chi connectivity index (χ3v) is 3.15. The summed E-state index contributed by atoms with van der Waals surface area (Å²) in [6.07, 6.45) is -0.891. The van der Waals surface area contributed by atoms with Gasteiger partial charge in [-0.15, -0.1) is 0 Å². The molecule has 0 aliphatic carbocycles. The number of carbonyl (C=O) groups excluding carboxylic acids is 2. The number of benzene rings is 1. The van der Waals surface area contributed by atoms with Crippen LogP contribution in [0.5, 0.6) is 11.5 Å². The van der Waals surface area contributed by atoms with Crippen LogP contribution in [0.3, 0.4) is 0 Å². The fraction of sp³-hybridized carbons (Fsp3) is 0.312. The second kappa shape index (κ2) is 7.49. The van der Waals surface area contributed by atoms with Crippen molar-refractivity contribution in [1.82, 2.24) is 5.16 Å². The highest BCUT2D eigenvalue weighted by Crippen LogP contribution is 2.26. The van der Waals surface area contributed by atoms with E-state index in [-0.39, 0.29) is 17.1 Å². The van der Waals surface area contributed by atoms with Crippen LogP contribution in [-0.2, 0) is 9.53 Å². The second-order valence-electron chi connectivity index (χ2n) is 4.93. The first-order valence-corrected chi connectivity index (χ1v) is 7.11. The van der Waals surface area contributed by atoms with E-state index in [0.717, 1.165) is 0 Å². The van der Waals surface area contributed by atoms with Gasteiger partial charge in [0.25, 0.3) is 5.91 Å². The molecule has 1 aromatic heterocycles. The lowest BCUT2D eigenvalue weighted by molar-refractivity contribution is -0.122. The Morgan fingerprint density at radius 1 is 1.25 bits per heavy atom. The molecule has 0 unspecified atom stereocenters. The second-order valence-corrected chi connectivity index (χ2v) is 4.93. The predicted molar refractivity (Wildman–Crippen MR) is 84.3 cm³/mol. The summed E-state index contributed by atoms with van der Waals surface area (Å²) < 4.78 is 20.3. The number of nitrogens with one attached hydrogen (secondary N) is 1. The third kappa shape index (κ3) is 4.03. The normalized spacial score (nSPS) is 11.5. The van der Waals surface area contributed by atoms with Crippen LogP contribution in [0.4, 0.5) is 5.82 Å². The molecule has 0 radical (unpaired) electrons. The minimum Gasteiger partial charge on any atom is -0.497 e. The number of aromatic nitrogens is 1. The van der Waals surface area contributed by atoms with E-state index < -0.39 is 18.0 Å². The number of ether oxygens (including phenoxy) is 3. The molecule has 128 valence electrons. The van der Waals surface area contributed by atoms with E-state index in [0.29, 0.717) is 11.5 Å². The quantitative estimate of drug-likeness (QED) is 0.808. The molecule has 0 spiro atoms. The Morgan fingerprint density at radius 3 is 2.58 bits per heavy atom. The molecule has 0 saturated heterocycles. The molecule has 1 N–H and O–H groups in total. The number of esters is 1. The molecule has 8 heteroatoms. The van der Waals surface area contributed by atoms with E-state index in [1.807, 2.05) is 0 Å². The molecular formula is C16H18N2O6. The standard InChI is InChI=1S/C16H18N2O6/c1-9-7-14(18-24-9)17-15(19)10(2)23-13-8-11(21-3)5-6-12(13)16(20)22-4/h5-8,10H,1-4H3,(H,17,18,19)/t10-/m1/s1. The molecule has 0 aliphatic heterocycles. The van der Waals surface area contributed by atoms with Crippen LogP contribution in [0.25, 0.3) is 0 Å². The molecule has 1 amide bonds. The number of hydrogen-bond acceptors (Lipinski definition) is 7. The van der Waals surface area contributed by atoms with Crippen LogP contribution in [0.2, 0.25) is 0 Å². The van der Waals surface area contributed by atoms with Crippen molar-refractivity contribution >= 4 is 17.7 Å². The summed E-state index contributed by atoms with van der Waals surface area (Å²) in [5.74, 6) is 0.498. The Balaban J connectivity index is 2.15. The Labute approximate surface area is 138 Å². The van der Waals surface area contributed by atoms with Crippen molar-refractivity contribution in [3.8, 4) is 11.5 Å². The highest BCUT2D eigenvalue weighted by Gasteiger charge is 2.21. The van der Waals surface area contributed by atoms with Crippen molar-refractivity contribution in [2.24, 2.45) is 0 Å². The summed E-state index contributed by atoms with van der Waals surface area (Å²) in [6, 6.07) is 6.19. The minimum atomic E-state index is -0.891. The van der Waals surface area contributed by atoms with E-state index >= 15 is 0 Å². The molecular weight excluding hydrogens is 316 g/mol. The molecule has 0 fully saturated rings. The first-order chi connectivity index (χ1) is 11.4. The summed E-state index contributed by atoms with van der Waals surface area (Å²) in [4.78, 5) is 24.0. The number of carbonyl (C=O) groups is 2. The number of rotatable bonds is 6. The highest BCUT2D eigenvalue weighted by atomic mass is 16.5. The molecule has 0 aliphatic rings. The maximum atomic E-state index is 12.2. The predicted octanol–water partition coefficient (Wildman–Crippen LogP) is 2.18. The largest absolute Gasteiger partial charge is 0.497 e. The summed E-state index contributed by atoms with van der Waals surface area (Å²) in [6.45, 7) is 3.25. The van der Waals surface area contributed by atoms with Gasteiger partial charge in [-0.05, 0) is 26.0 Å². The number of nitrogens with zero attached hydrogens (tertiary/aromatic N) is 1. The van der Waals surface area contributed by atoms with E-state index in [2.05, 4.69) is 10.5 Å². The zero-order valence-corrected chi connectivity index (χ0v) is 13.8. The van der Waals surface area contributed by atoms with Crippen LogP contribution in [0, 0.1) is 6.92 Å². The van der Waals surface area contributed by atoms with Crippen molar-refractivity contribution in [2.45, 2.75) is 20.0 Å². The van der Waals surface area contributed by atoms with Crippen LogP contribution in [0.1, 0.15) is 23.0 Å². The Hall–Kier alpha value is -3.03. The van der Waals surface area contributed by atoms with Crippen LogP contribution >= 0.6 is 0 Å². The van der Waals surface area contributed by atoms with Gasteiger partial charge in [-0.3, -0.25) is 4.79 Å². The van der Waals surface area contributed by atoms with Crippen molar-refractivity contribution in [3.05, 3.63) is 35.6 Å². The number of methoxy groups -OCH3 is 2. The molecule has 0 bridgehead atoms. The lowest BCUT2D eigenvalue weighted by atomic mass is 10.2. The molecule has 24 heavy (non-hydrogen) atoms. The number of aryl methyl sites for hydroxylation is 1. The maximum absolute atomic E-state index is 12.2. The van der Waals surface area contributed by atoms with Gasteiger partial charge in [0, 0.05) is 12.1 Å². The van der Waals surface area contributed by atoms with E-state index in [9.17, 15) is 9.59 Å². The minimum absolute atomic E-state index is 0.181. The van der Waals surface area contributed by atoms with Gasteiger partial charge in [-0.25, -0.2) is 4.79 Å². The summed E-state index contributed by atoms with van der Waals surface area (Å²) >= 11 is 0. The van der Waals surface area contributed by atoms with Gasteiger partial charge in [0.2, 0.25) is 0 Å². The van der Waals surface area contributed by atoms with Crippen LogP contribution < -0.4 is 14.8 Å². The highest BCUT2D eigenvalue weighted by molar-refractivity contribution is 5.95. The van der Waals surface area contributed by atoms with Crippen molar-refractivity contribution < 1.29 is 28.3 Å². The van der Waals surface area contributed by atoms with E-state index in [1.165, 1.54) is 26.4 Å². The zero-order valence-electron chi connectivity index (χ0n) is 13.8. The SMILES string of the molecule is COC(=O)c1ccc(OC)cc1O[C@H](C)C(=O)Nc1cc(C)on1. The fourth-order valence-electron chi connectivity index (χ4n) is 1.90. The van der Waals surface area contributed by atoms with Gasteiger partial charge < -0.3 is 24.1 Å². The van der Waals surface area contributed by atoms with E-state index in [1.54, 1.807) is 26.0 Å². The summed E-state index contributed by atoms with van der Waals surface area (Å²) in [5.41, 5.74) is 0.190. The maximum Gasteiger partial charge on any atom is 0.341 e. The number of amides is 1. The molecule has 0 saturated carbocycles. The molecule has 1 aromatic carbocycles. The summed E-state index contributed by atoms with van der Waals surface area (Å²) in [5, 5.41) is 6.23. The topological polar surface area (TPSA) is 99.9 Å². The number of anilines is 1.